The van der Waals surface area contributed by atoms with Crippen LogP contribution in [0, 0.1) is 13.8 Å². The highest BCUT2D eigenvalue weighted by Gasteiger charge is 2.22. The highest BCUT2D eigenvalue weighted by Crippen LogP contribution is 2.30. The molecule has 27 heavy (non-hydrogen) atoms. The number of primary amides is 1. The van der Waals surface area contributed by atoms with E-state index in [2.05, 4.69) is 10.2 Å². The topological polar surface area (TPSA) is 164 Å². The highest BCUT2D eigenvalue weighted by atomic mass is 32.2. The lowest BCUT2D eigenvalue weighted by molar-refractivity contribution is 0.0995. The fourth-order valence-corrected chi connectivity index (χ4v) is 3.14. The molecule has 144 valence electrons. The number of aromatic nitrogens is 1. The molecule has 0 fully saturated rings. The molecule has 0 aliphatic rings. The Kier molecular flexibility index (Phi) is 5.47. The molecule has 0 aliphatic heterocycles. The first-order chi connectivity index (χ1) is 12.5. The summed E-state index contributed by atoms with van der Waals surface area (Å²) in [6.45, 7) is 4.64. The maximum Gasteiger partial charge on any atom is 0.296 e. The molecular formula is C16H18N4O6S. The number of nitrogens with zero attached hydrogens (tertiary/aromatic N) is 3. The minimum absolute atomic E-state index is 0.000455. The van der Waals surface area contributed by atoms with Gasteiger partial charge in [-0.1, -0.05) is 6.07 Å². The van der Waals surface area contributed by atoms with Crippen molar-refractivity contribution in [2.45, 2.75) is 32.2 Å². The van der Waals surface area contributed by atoms with Crippen molar-refractivity contribution in [1.29, 1.82) is 0 Å². The second kappa shape index (κ2) is 7.29. The monoisotopic (exact) mass is 394 g/mol. The number of nitrogens with two attached hydrogens (primary N) is 1. The number of aromatic hydroxyl groups is 1. The van der Waals surface area contributed by atoms with E-state index in [1.807, 2.05) is 0 Å². The lowest BCUT2D eigenvalue weighted by atomic mass is 10.1. The molecule has 0 bridgehead atoms. The van der Waals surface area contributed by atoms with Gasteiger partial charge in [0.15, 0.2) is 5.69 Å². The number of carbonyl (C=O) groups is 1. The molecule has 0 radical (unpaired) electrons. The van der Waals surface area contributed by atoms with Crippen LogP contribution < -0.4 is 11.3 Å². The summed E-state index contributed by atoms with van der Waals surface area (Å²) in [6.07, 6.45) is 0. The SMILES string of the molecule is CCn1c(O)c(C(N)=O)c(C)c(N=Nc2cc(C)ccc2S(=O)(=O)O)c1=O. The van der Waals surface area contributed by atoms with Crippen LogP contribution in [0.4, 0.5) is 11.4 Å². The standard InChI is InChI=1S/C16H18N4O6S/c1-4-20-15(22)12(14(17)21)9(3)13(16(20)23)19-18-10-7-8(2)5-6-11(10)27(24,25)26/h5-7,22H,4H2,1-3H3,(H2,17,21)(H,24,25,26). The van der Waals surface area contributed by atoms with Gasteiger partial charge >= 0.3 is 0 Å². The molecule has 11 heteroatoms. The normalized spacial score (nSPS) is 11.9. The van der Waals surface area contributed by atoms with Crippen molar-refractivity contribution in [3.63, 3.8) is 0 Å². The third-order valence-electron chi connectivity index (χ3n) is 3.87. The number of pyridine rings is 1. The van der Waals surface area contributed by atoms with Crippen molar-refractivity contribution in [2.75, 3.05) is 0 Å². The molecule has 4 N–H and O–H groups in total. The molecule has 0 aliphatic carbocycles. The first-order valence-electron chi connectivity index (χ1n) is 7.75. The average molecular weight is 394 g/mol. The summed E-state index contributed by atoms with van der Waals surface area (Å²) in [5.41, 5.74) is 4.41. The Morgan fingerprint density at radius 1 is 1.26 bits per heavy atom. The maximum atomic E-state index is 12.5. The van der Waals surface area contributed by atoms with Crippen LogP contribution in [0.2, 0.25) is 0 Å². The molecule has 2 aromatic rings. The maximum absolute atomic E-state index is 12.5. The van der Waals surface area contributed by atoms with Gasteiger partial charge in [0.1, 0.15) is 16.1 Å². The van der Waals surface area contributed by atoms with Crippen LogP contribution in [0.25, 0.3) is 0 Å². The van der Waals surface area contributed by atoms with E-state index in [1.165, 1.54) is 19.1 Å². The van der Waals surface area contributed by atoms with E-state index in [0.717, 1.165) is 10.6 Å². The predicted molar refractivity (Wildman–Crippen MR) is 96.5 cm³/mol. The van der Waals surface area contributed by atoms with E-state index in [-0.39, 0.29) is 29.0 Å². The fraction of sp³-hybridized carbons (Fsp3) is 0.250. The Hall–Kier alpha value is -3.05. The van der Waals surface area contributed by atoms with Crippen LogP contribution in [0.15, 0.2) is 38.1 Å². The fourth-order valence-electron chi connectivity index (χ4n) is 2.54. The molecule has 0 saturated carbocycles. The third-order valence-corrected chi connectivity index (χ3v) is 4.77. The molecular weight excluding hydrogens is 376 g/mol. The predicted octanol–water partition coefficient (Wildman–Crippen LogP) is 1.95. The van der Waals surface area contributed by atoms with E-state index < -0.39 is 32.4 Å². The highest BCUT2D eigenvalue weighted by molar-refractivity contribution is 7.86. The largest absolute Gasteiger partial charge is 0.494 e. The van der Waals surface area contributed by atoms with Gasteiger partial charge in [0.2, 0.25) is 5.88 Å². The molecule has 1 aromatic heterocycles. The van der Waals surface area contributed by atoms with Gasteiger partial charge in [-0.2, -0.15) is 8.42 Å². The zero-order chi connectivity index (χ0) is 20.5. The summed E-state index contributed by atoms with van der Waals surface area (Å²) >= 11 is 0. The molecule has 0 atom stereocenters. The zero-order valence-electron chi connectivity index (χ0n) is 14.8. The number of benzene rings is 1. The molecule has 1 heterocycles. The summed E-state index contributed by atoms with van der Waals surface area (Å²) in [4.78, 5) is 23.7. The van der Waals surface area contributed by atoms with Crippen molar-refractivity contribution >= 4 is 27.4 Å². The van der Waals surface area contributed by atoms with Gasteiger partial charge in [0.25, 0.3) is 21.6 Å². The van der Waals surface area contributed by atoms with Crippen LogP contribution in [0.5, 0.6) is 5.88 Å². The van der Waals surface area contributed by atoms with Crippen molar-refractivity contribution < 1.29 is 22.9 Å². The van der Waals surface area contributed by atoms with Crippen molar-refractivity contribution in [2.24, 2.45) is 16.0 Å². The average Bonchev–Trinajstić information content (AvgIpc) is 2.53. The summed E-state index contributed by atoms with van der Waals surface area (Å²) in [7, 11) is -4.57. The third kappa shape index (κ3) is 3.88. The smallest absolute Gasteiger partial charge is 0.296 e. The number of azo groups is 1. The molecule has 0 unspecified atom stereocenters. The van der Waals surface area contributed by atoms with Crippen LogP contribution in [-0.4, -0.2) is 28.6 Å². The summed E-state index contributed by atoms with van der Waals surface area (Å²) in [5, 5.41) is 17.6. The minimum Gasteiger partial charge on any atom is -0.494 e. The first-order valence-corrected chi connectivity index (χ1v) is 9.19. The van der Waals surface area contributed by atoms with Gasteiger partial charge in [0, 0.05) is 12.1 Å². The van der Waals surface area contributed by atoms with Crippen LogP contribution in [0.3, 0.4) is 0 Å². The number of aryl methyl sites for hydroxylation is 1. The number of hydrogen-bond acceptors (Lipinski definition) is 7. The van der Waals surface area contributed by atoms with E-state index in [0.29, 0.717) is 5.56 Å². The van der Waals surface area contributed by atoms with Gasteiger partial charge in [-0.25, -0.2) is 0 Å². The zero-order valence-corrected chi connectivity index (χ0v) is 15.6. The van der Waals surface area contributed by atoms with Crippen LogP contribution in [0.1, 0.15) is 28.4 Å². The van der Waals surface area contributed by atoms with E-state index in [1.54, 1.807) is 13.8 Å². The van der Waals surface area contributed by atoms with Crippen molar-refractivity contribution in [1.82, 2.24) is 4.57 Å². The first kappa shape index (κ1) is 20.3. The summed E-state index contributed by atoms with van der Waals surface area (Å²) < 4.78 is 33.2. The van der Waals surface area contributed by atoms with E-state index in [9.17, 15) is 27.7 Å². The number of amides is 1. The Morgan fingerprint density at radius 2 is 1.89 bits per heavy atom. The van der Waals surface area contributed by atoms with Crippen molar-refractivity contribution in [3.05, 3.63) is 45.2 Å². The second-order valence-corrected chi connectivity index (χ2v) is 7.12. The summed E-state index contributed by atoms with van der Waals surface area (Å²) in [6, 6.07) is 3.97. The van der Waals surface area contributed by atoms with E-state index in [4.69, 9.17) is 5.73 Å². The lowest BCUT2D eigenvalue weighted by Gasteiger charge is -2.13. The molecule has 1 aromatic carbocycles. The Labute approximate surface area is 154 Å². The van der Waals surface area contributed by atoms with Crippen LogP contribution in [-0.2, 0) is 16.7 Å². The Morgan fingerprint density at radius 3 is 2.41 bits per heavy atom. The number of rotatable bonds is 5. The minimum atomic E-state index is -4.57. The number of carbonyl (C=O) groups excluding carboxylic acids is 1. The van der Waals surface area contributed by atoms with Gasteiger partial charge in [-0.05, 0) is 38.5 Å². The van der Waals surface area contributed by atoms with Gasteiger partial charge in [0.05, 0.1) is 0 Å². The number of hydrogen-bond donors (Lipinski definition) is 3. The molecule has 0 saturated heterocycles. The van der Waals surface area contributed by atoms with Gasteiger partial charge in [-0.3, -0.25) is 18.7 Å². The molecule has 0 spiro atoms. The van der Waals surface area contributed by atoms with Gasteiger partial charge in [-0.15, -0.1) is 10.2 Å². The van der Waals surface area contributed by atoms with Crippen molar-refractivity contribution in [3.8, 4) is 5.88 Å². The molecule has 2 rings (SSSR count). The Bertz CT molecular complexity index is 1120. The lowest BCUT2D eigenvalue weighted by Crippen LogP contribution is -2.25. The molecule has 10 nitrogen and oxygen atoms in total. The van der Waals surface area contributed by atoms with Crippen LogP contribution >= 0.6 is 0 Å². The van der Waals surface area contributed by atoms with Gasteiger partial charge < -0.3 is 10.8 Å². The molecule has 1 amide bonds. The summed E-state index contributed by atoms with van der Waals surface area (Å²) in [5.74, 6) is -1.54. The second-order valence-electron chi connectivity index (χ2n) is 5.73. The quantitative estimate of drug-likeness (QED) is 0.518. The Balaban J connectivity index is 2.76. The van der Waals surface area contributed by atoms with E-state index >= 15 is 0 Å².